The van der Waals surface area contributed by atoms with E-state index in [1.807, 2.05) is 0 Å². The fourth-order valence-corrected chi connectivity index (χ4v) is 2.34. The summed E-state index contributed by atoms with van der Waals surface area (Å²) < 4.78 is 11.0. The molecule has 22 heavy (non-hydrogen) atoms. The lowest BCUT2D eigenvalue weighted by Crippen LogP contribution is -2.65. The van der Waals surface area contributed by atoms with E-state index in [1.165, 1.54) is 6.92 Å². The highest BCUT2D eigenvalue weighted by Gasteiger charge is 2.46. The zero-order valence-corrected chi connectivity index (χ0v) is 12.6. The molecule has 1 aliphatic rings. The minimum absolute atomic E-state index is 0.407. The van der Waals surface area contributed by atoms with Gasteiger partial charge in [0.1, 0.15) is 30.1 Å². The lowest BCUT2D eigenvalue weighted by molar-refractivity contribution is -0.244. The van der Waals surface area contributed by atoms with Crippen molar-refractivity contribution < 1.29 is 29.6 Å². The first-order valence-corrected chi connectivity index (χ1v) is 7.12. The van der Waals surface area contributed by atoms with Gasteiger partial charge in [-0.05, 0) is 24.3 Å². The molecule has 0 bridgehead atoms. The van der Waals surface area contributed by atoms with E-state index in [0.717, 1.165) is 0 Å². The van der Waals surface area contributed by atoms with E-state index in [9.17, 15) is 20.1 Å². The van der Waals surface area contributed by atoms with Crippen molar-refractivity contribution in [1.29, 1.82) is 0 Å². The molecule has 0 saturated carbocycles. The molecule has 0 radical (unpaired) electrons. The summed E-state index contributed by atoms with van der Waals surface area (Å²) in [6.07, 6.45) is -4.77. The van der Waals surface area contributed by atoms with Gasteiger partial charge in [-0.2, -0.15) is 0 Å². The Morgan fingerprint density at radius 1 is 1.32 bits per heavy atom. The van der Waals surface area contributed by atoms with Crippen LogP contribution in [0.5, 0.6) is 5.75 Å². The summed E-state index contributed by atoms with van der Waals surface area (Å²) >= 11 is 5.79. The monoisotopic (exact) mass is 331 g/mol. The number of nitrogens with one attached hydrogen (secondary N) is 1. The minimum Gasteiger partial charge on any atom is -0.463 e. The molecule has 4 N–H and O–H groups in total. The maximum Gasteiger partial charge on any atom is 0.223 e. The first-order chi connectivity index (χ1) is 10.4. The third-order valence-electron chi connectivity index (χ3n) is 3.32. The highest BCUT2D eigenvalue weighted by Crippen LogP contribution is 2.25. The summed E-state index contributed by atoms with van der Waals surface area (Å²) in [5.74, 6) is -0.00274. The summed E-state index contributed by atoms with van der Waals surface area (Å²) in [5, 5.41) is 32.2. The number of aliphatic hydroxyl groups is 3. The van der Waals surface area contributed by atoms with Crippen LogP contribution in [0.3, 0.4) is 0 Å². The lowest BCUT2D eigenvalue weighted by Gasteiger charge is -2.42. The van der Waals surface area contributed by atoms with Crippen molar-refractivity contribution in [2.24, 2.45) is 0 Å². The van der Waals surface area contributed by atoms with Crippen LogP contribution in [-0.2, 0) is 9.53 Å². The average Bonchev–Trinajstić information content (AvgIpc) is 2.48. The van der Waals surface area contributed by atoms with Crippen LogP contribution in [0.2, 0.25) is 5.02 Å². The van der Waals surface area contributed by atoms with Crippen molar-refractivity contribution in [3.63, 3.8) is 0 Å². The Balaban J connectivity index is 2.18. The molecule has 1 saturated heterocycles. The van der Waals surface area contributed by atoms with Crippen LogP contribution in [0.4, 0.5) is 0 Å². The van der Waals surface area contributed by atoms with Crippen LogP contribution in [0.25, 0.3) is 0 Å². The van der Waals surface area contributed by atoms with Crippen molar-refractivity contribution in [2.75, 3.05) is 6.61 Å². The standard InChI is InChI=1S/C14H18ClNO6/c1-7(18)16-11-13(20)12(19)10(6-17)22-14(11)21-9-4-2-8(15)3-5-9/h2-5,10-14,17,19-20H,6H2,1H3,(H,16,18)/t10-,11-,12-,13-,14-/m1/s1. The highest BCUT2D eigenvalue weighted by molar-refractivity contribution is 6.30. The number of aliphatic hydroxyl groups excluding tert-OH is 3. The van der Waals surface area contributed by atoms with Crippen molar-refractivity contribution in [1.82, 2.24) is 5.32 Å². The molecule has 1 aromatic carbocycles. The molecule has 8 heteroatoms. The van der Waals surface area contributed by atoms with Gasteiger partial charge in [0.2, 0.25) is 12.2 Å². The molecule has 5 atom stereocenters. The van der Waals surface area contributed by atoms with E-state index < -0.39 is 43.2 Å². The average molecular weight is 332 g/mol. The lowest BCUT2D eigenvalue weighted by atomic mass is 9.97. The highest BCUT2D eigenvalue weighted by atomic mass is 35.5. The van der Waals surface area contributed by atoms with Gasteiger partial charge in [-0.3, -0.25) is 4.79 Å². The summed E-state index contributed by atoms with van der Waals surface area (Å²) in [6, 6.07) is 5.44. The SMILES string of the molecule is CC(=O)N[C@H]1[C@H](Oc2ccc(Cl)cc2)O[C@H](CO)[C@@H](O)[C@@H]1O. The second-order valence-corrected chi connectivity index (χ2v) is 5.44. The molecule has 1 amide bonds. The molecule has 1 fully saturated rings. The van der Waals surface area contributed by atoms with E-state index in [2.05, 4.69) is 5.32 Å². The Hall–Kier alpha value is -1.38. The van der Waals surface area contributed by atoms with E-state index in [4.69, 9.17) is 21.1 Å². The fourth-order valence-electron chi connectivity index (χ4n) is 2.22. The van der Waals surface area contributed by atoms with Gasteiger partial charge in [-0.1, -0.05) is 11.6 Å². The van der Waals surface area contributed by atoms with Gasteiger partial charge >= 0.3 is 0 Å². The number of halogens is 1. The Kier molecular flexibility index (Phi) is 5.60. The molecule has 0 aliphatic carbocycles. The zero-order chi connectivity index (χ0) is 16.3. The first kappa shape index (κ1) is 17.0. The van der Waals surface area contributed by atoms with Crippen LogP contribution >= 0.6 is 11.6 Å². The van der Waals surface area contributed by atoms with Gasteiger partial charge in [0.15, 0.2) is 0 Å². The topological polar surface area (TPSA) is 108 Å². The fraction of sp³-hybridized carbons (Fsp3) is 0.500. The predicted octanol–water partition coefficient (Wildman–Crippen LogP) is -0.338. The Labute approximate surface area is 132 Å². The summed E-state index contributed by atoms with van der Waals surface area (Å²) in [7, 11) is 0. The second kappa shape index (κ2) is 7.26. The molecule has 0 spiro atoms. The molecule has 7 nitrogen and oxygen atoms in total. The van der Waals surface area contributed by atoms with Gasteiger partial charge in [-0.25, -0.2) is 0 Å². The normalized spacial score (nSPS) is 31.6. The number of hydrogen-bond donors (Lipinski definition) is 4. The zero-order valence-electron chi connectivity index (χ0n) is 11.8. The number of ether oxygens (including phenoxy) is 2. The van der Waals surface area contributed by atoms with E-state index in [-0.39, 0.29) is 0 Å². The van der Waals surface area contributed by atoms with E-state index in [1.54, 1.807) is 24.3 Å². The number of benzene rings is 1. The van der Waals surface area contributed by atoms with Gasteiger partial charge in [0.25, 0.3) is 0 Å². The quantitative estimate of drug-likeness (QED) is 0.601. The van der Waals surface area contributed by atoms with Crippen molar-refractivity contribution >= 4 is 17.5 Å². The van der Waals surface area contributed by atoms with Crippen LogP contribution in [-0.4, -0.2) is 58.5 Å². The Morgan fingerprint density at radius 3 is 2.50 bits per heavy atom. The number of carbonyl (C=O) groups excluding carboxylic acids is 1. The molecule has 0 unspecified atom stereocenters. The van der Waals surface area contributed by atoms with Crippen molar-refractivity contribution in [3.05, 3.63) is 29.3 Å². The van der Waals surface area contributed by atoms with Crippen molar-refractivity contribution in [2.45, 2.75) is 37.6 Å². The maximum atomic E-state index is 11.3. The summed E-state index contributed by atoms with van der Waals surface area (Å²) in [5.41, 5.74) is 0. The predicted molar refractivity (Wildman–Crippen MR) is 77.4 cm³/mol. The molecule has 1 heterocycles. The Bertz CT molecular complexity index is 511. The van der Waals surface area contributed by atoms with Gasteiger partial charge < -0.3 is 30.1 Å². The number of amides is 1. The molecule has 2 rings (SSSR count). The van der Waals surface area contributed by atoms with Crippen LogP contribution in [0.15, 0.2) is 24.3 Å². The van der Waals surface area contributed by atoms with Gasteiger partial charge in [0.05, 0.1) is 6.61 Å². The molecule has 0 aromatic heterocycles. The smallest absolute Gasteiger partial charge is 0.223 e. The number of carbonyl (C=O) groups is 1. The van der Waals surface area contributed by atoms with E-state index in [0.29, 0.717) is 10.8 Å². The van der Waals surface area contributed by atoms with Gasteiger partial charge in [0, 0.05) is 11.9 Å². The van der Waals surface area contributed by atoms with Gasteiger partial charge in [-0.15, -0.1) is 0 Å². The maximum absolute atomic E-state index is 11.3. The summed E-state index contributed by atoms with van der Waals surface area (Å²) in [6.45, 7) is 0.780. The van der Waals surface area contributed by atoms with Crippen LogP contribution in [0, 0.1) is 0 Å². The van der Waals surface area contributed by atoms with E-state index >= 15 is 0 Å². The molecule has 1 aromatic rings. The second-order valence-electron chi connectivity index (χ2n) is 5.00. The molecule has 122 valence electrons. The molecular weight excluding hydrogens is 314 g/mol. The van der Waals surface area contributed by atoms with Crippen LogP contribution in [0.1, 0.15) is 6.92 Å². The molecular formula is C14H18ClNO6. The first-order valence-electron chi connectivity index (χ1n) is 6.74. The largest absolute Gasteiger partial charge is 0.463 e. The number of rotatable bonds is 4. The molecule has 1 aliphatic heterocycles. The summed E-state index contributed by atoms with van der Waals surface area (Å²) in [4.78, 5) is 11.3. The Morgan fingerprint density at radius 2 is 1.95 bits per heavy atom. The third-order valence-corrected chi connectivity index (χ3v) is 3.57. The number of hydrogen-bond acceptors (Lipinski definition) is 6. The third kappa shape index (κ3) is 3.88. The van der Waals surface area contributed by atoms with Crippen LogP contribution < -0.4 is 10.1 Å². The van der Waals surface area contributed by atoms with Crippen molar-refractivity contribution in [3.8, 4) is 5.75 Å². The minimum atomic E-state index is -1.34.